The molecule has 0 aliphatic rings. The van der Waals surface area contributed by atoms with Gasteiger partial charge in [-0.1, -0.05) is 12.1 Å². The fourth-order valence-corrected chi connectivity index (χ4v) is 1.60. The van der Waals surface area contributed by atoms with Gasteiger partial charge in [-0.15, -0.1) is 0 Å². The van der Waals surface area contributed by atoms with Crippen molar-refractivity contribution in [2.45, 2.75) is 13.0 Å². The van der Waals surface area contributed by atoms with Crippen LogP contribution in [0.15, 0.2) is 24.3 Å². The highest BCUT2D eigenvalue weighted by Gasteiger charge is 2.12. The van der Waals surface area contributed by atoms with E-state index in [1.807, 2.05) is 38.1 Å². The summed E-state index contributed by atoms with van der Waals surface area (Å²) in [6, 6.07) is 7.18. The molecule has 0 saturated heterocycles. The first-order valence-electron chi connectivity index (χ1n) is 5.31. The largest absolute Gasteiger partial charge is 0.398 e. The van der Waals surface area contributed by atoms with E-state index in [1.54, 1.807) is 12.1 Å². The maximum Gasteiger partial charge on any atom is 0.253 e. The van der Waals surface area contributed by atoms with Crippen LogP contribution in [-0.2, 0) is 0 Å². The van der Waals surface area contributed by atoms with Gasteiger partial charge in [0.1, 0.15) is 0 Å². The number of carbonyl (C=O) groups is 1. The first kappa shape index (κ1) is 12.5. The van der Waals surface area contributed by atoms with Gasteiger partial charge in [0.05, 0.1) is 5.56 Å². The van der Waals surface area contributed by atoms with Crippen molar-refractivity contribution in [3.8, 4) is 0 Å². The van der Waals surface area contributed by atoms with E-state index >= 15 is 0 Å². The molecule has 0 heterocycles. The molecule has 4 heteroatoms. The number of benzene rings is 1. The molecule has 0 spiro atoms. The first-order valence-corrected chi connectivity index (χ1v) is 5.31. The van der Waals surface area contributed by atoms with Crippen molar-refractivity contribution in [3.63, 3.8) is 0 Å². The Bertz CT molecular complexity index is 363. The van der Waals surface area contributed by atoms with Gasteiger partial charge in [0.2, 0.25) is 0 Å². The van der Waals surface area contributed by atoms with E-state index in [-0.39, 0.29) is 11.9 Å². The van der Waals surface area contributed by atoms with Gasteiger partial charge in [-0.2, -0.15) is 0 Å². The number of nitrogen functional groups attached to an aromatic ring is 1. The molecule has 1 atom stereocenters. The molecule has 1 aromatic carbocycles. The summed E-state index contributed by atoms with van der Waals surface area (Å²) in [5, 5.41) is 2.91. The van der Waals surface area contributed by atoms with Gasteiger partial charge in [-0.3, -0.25) is 4.79 Å². The molecule has 0 aromatic heterocycles. The summed E-state index contributed by atoms with van der Waals surface area (Å²) in [4.78, 5) is 13.9. The summed E-state index contributed by atoms with van der Waals surface area (Å²) < 4.78 is 0. The van der Waals surface area contributed by atoms with Gasteiger partial charge in [0.15, 0.2) is 0 Å². The molecule has 0 radical (unpaired) electrons. The molecule has 88 valence electrons. The number of hydrogen-bond donors (Lipinski definition) is 2. The number of para-hydroxylation sites is 1. The third kappa shape index (κ3) is 3.55. The molecule has 3 N–H and O–H groups in total. The average Bonchev–Trinajstić information content (AvgIpc) is 2.16. The van der Waals surface area contributed by atoms with Crippen molar-refractivity contribution in [3.05, 3.63) is 29.8 Å². The maximum atomic E-state index is 11.8. The smallest absolute Gasteiger partial charge is 0.253 e. The monoisotopic (exact) mass is 221 g/mol. The third-order valence-corrected chi connectivity index (χ3v) is 2.22. The predicted molar refractivity (Wildman–Crippen MR) is 66.3 cm³/mol. The second kappa shape index (κ2) is 5.51. The van der Waals surface area contributed by atoms with E-state index in [0.29, 0.717) is 11.3 Å². The van der Waals surface area contributed by atoms with Gasteiger partial charge < -0.3 is 16.0 Å². The molecule has 1 rings (SSSR count). The summed E-state index contributed by atoms with van der Waals surface area (Å²) in [7, 11) is 3.94. The van der Waals surface area contributed by atoms with Crippen molar-refractivity contribution in [1.29, 1.82) is 0 Å². The molecule has 0 aliphatic heterocycles. The Kier molecular flexibility index (Phi) is 4.31. The number of nitrogens with one attached hydrogen (secondary N) is 1. The molecule has 0 fully saturated rings. The van der Waals surface area contributed by atoms with Crippen molar-refractivity contribution in [1.82, 2.24) is 10.2 Å². The topological polar surface area (TPSA) is 58.4 Å². The minimum atomic E-state index is -0.118. The minimum Gasteiger partial charge on any atom is -0.398 e. The van der Waals surface area contributed by atoms with E-state index < -0.39 is 0 Å². The molecule has 16 heavy (non-hydrogen) atoms. The SMILES string of the molecule is CC(CN(C)C)NC(=O)c1ccccc1N. The number of likely N-dealkylation sites (N-methyl/N-ethyl adjacent to an activating group) is 1. The second-order valence-electron chi connectivity index (χ2n) is 4.22. The zero-order valence-corrected chi connectivity index (χ0v) is 10.0. The molecule has 1 unspecified atom stereocenters. The number of nitrogens with two attached hydrogens (primary N) is 1. The molecular weight excluding hydrogens is 202 g/mol. The summed E-state index contributed by atoms with van der Waals surface area (Å²) in [6.07, 6.45) is 0. The summed E-state index contributed by atoms with van der Waals surface area (Å²) in [5.74, 6) is -0.118. The van der Waals surface area contributed by atoms with Crippen LogP contribution in [0.1, 0.15) is 17.3 Å². The number of amides is 1. The molecule has 1 amide bonds. The van der Waals surface area contributed by atoms with Crippen LogP contribution in [-0.4, -0.2) is 37.5 Å². The molecule has 0 saturated carbocycles. The molecular formula is C12H19N3O. The van der Waals surface area contributed by atoms with Crippen LogP contribution in [0.25, 0.3) is 0 Å². The Morgan fingerprint density at radius 3 is 2.62 bits per heavy atom. The van der Waals surface area contributed by atoms with Crippen LogP contribution in [0.4, 0.5) is 5.69 Å². The first-order chi connectivity index (χ1) is 7.50. The molecule has 4 nitrogen and oxygen atoms in total. The highest BCUT2D eigenvalue weighted by molar-refractivity contribution is 5.99. The molecule has 1 aromatic rings. The van der Waals surface area contributed by atoms with Crippen LogP contribution in [0, 0.1) is 0 Å². The molecule has 0 aliphatic carbocycles. The van der Waals surface area contributed by atoms with Gasteiger partial charge in [-0.05, 0) is 33.2 Å². The Morgan fingerprint density at radius 1 is 1.44 bits per heavy atom. The zero-order valence-electron chi connectivity index (χ0n) is 10.0. The van der Waals surface area contributed by atoms with Crippen LogP contribution in [0.3, 0.4) is 0 Å². The molecule has 0 bridgehead atoms. The average molecular weight is 221 g/mol. The Balaban J connectivity index is 2.63. The van der Waals surface area contributed by atoms with E-state index in [9.17, 15) is 4.79 Å². The van der Waals surface area contributed by atoms with Crippen molar-refractivity contribution in [2.24, 2.45) is 0 Å². The Hall–Kier alpha value is -1.55. The lowest BCUT2D eigenvalue weighted by Crippen LogP contribution is -2.39. The number of anilines is 1. The van der Waals surface area contributed by atoms with E-state index in [0.717, 1.165) is 6.54 Å². The van der Waals surface area contributed by atoms with Crippen LogP contribution < -0.4 is 11.1 Å². The summed E-state index contributed by atoms with van der Waals surface area (Å²) in [6.45, 7) is 2.77. The van der Waals surface area contributed by atoms with E-state index in [4.69, 9.17) is 5.73 Å². The quantitative estimate of drug-likeness (QED) is 0.744. The number of rotatable bonds is 4. The highest BCUT2D eigenvalue weighted by atomic mass is 16.1. The van der Waals surface area contributed by atoms with Crippen LogP contribution in [0.2, 0.25) is 0 Å². The van der Waals surface area contributed by atoms with Crippen molar-refractivity contribution < 1.29 is 4.79 Å². The van der Waals surface area contributed by atoms with Crippen molar-refractivity contribution in [2.75, 3.05) is 26.4 Å². The fraction of sp³-hybridized carbons (Fsp3) is 0.417. The van der Waals surface area contributed by atoms with Crippen LogP contribution in [0.5, 0.6) is 0 Å². The Labute approximate surface area is 96.4 Å². The van der Waals surface area contributed by atoms with Gasteiger partial charge in [0, 0.05) is 18.3 Å². The number of hydrogen-bond acceptors (Lipinski definition) is 3. The summed E-state index contributed by atoms with van der Waals surface area (Å²) in [5.41, 5.74) is 6.77. The Morgan fingerprint density at radius 2 is 2.06 bits per heavy atom. The standard InChI is InChI=1S/C12H19N3O/c1-9(8-15(2)3)14-12(16)10-6-4-5-7-11(10)13/h4-7,9H,8,13H2,1-3H3,(H,14,16). The van der Waals surface area contributed by atoms with Gasteiger partial charge >= 0.3 is 0 Å². The zero-order chi connectivity index (χ0) is 12.1. The maximum absolute atomic E-state index is 11.8. The highest BCUT2D eigenvalue weighted by Crippen LogP contribution is 2.10. The predicted octanol–water partition coefficient (Wildman–Crippen LogP) is 0.949. The lowest BCUT2D eigenvalue weighted by Gasteiger charge is -2.18. The van der Waals surface area contributed by atoms with Crippen LogP contribution >= 0.6 is 0 Å². The number of nitrogens with zero attached hydrogens (tertiary/aromatic N) is 1. The van der Waals surface area contributed by atoms with E-state index in [1.165, 1.54) is 0 Å². The lowest BCUT2D eigenvalue weighted by atomic mass is 10.1. The summed E-state index contributed by atoms with van der Waals surface area (Å²) >= 11 is 0. The third-order valence-electron chi connectivity index (χ3n) is 2.22. The second-order valence-corrected chi connectivity index (χ2v) is 4.22. The van der Waals surface area contributed by atoms with Gasteiger partial charge in [0.25, 0.3) is 5.91 Å². The fourth-order valence-electron chi connectivity index (χ4n) is 1.60. The minimum absolute atomic E-state index is 0.0992. The normalized spacial score (nSPS) is 12.5. The van der Waals surface area contributed by atoms with Gasteiger partial charge in [-0.25, -0.2) is 0 Å². The van der Waals surface area contributed by atoms with E-state index in [2.05, 4.69) is 5.32 Å². The number of carbonyl (C=O) groups excluding carboxylic acids is 1. The van der Waals surface area contributed by atoms with Crippen molar-refractivity contribution >= 4 is 11.6 Å². The lowest BCUT2D eigenvalue weighted by molar-refractivity contribution is 0.0935.